The molecule has 0 aliphatic carbocycles. The van der Waals surface area contributed by atoms with Crippen LogP contribution in [0.5, 0.6) is 11.5 Å². The summed E-state index contributed by atoms with van der Waals surface area (Å²) in [5.41, 5.74) is 2.56. The Labute approximate surface area is 164 Å². The smallest absolute Gasteiger partial charge is 0.262 e. The fraction of sp³-hybridized carbons (Fsp3) is 0.143. The maximum Gasteiger partial charge on any atom is 0.262 e. The van der Waals surface area contributed by atoms with Crippen LogP contribution in [0, 0.1) is 0 Å². The van der Waals surface area contributed by atoms with Crippen LogP contribution in [-0.4, -0.2) is 15.2 Å². The third kappa shape index (κ3) is 3.89. The Kier molecular flexibility index (Phi) is 4.83. The topological polar surface area (TPSA) is 76.7 Å². The first-order valence-corrected chi connectivity index (χ1v) is 10.3. The van der Waals surface area contributed by atoms with Crippen molar-refractivity contribution in [2.75, 3.05) is 16.8 Å². The number of benzene rings is 3. The molecule has 0 spiro atoms. The molecule has 6 nitrogen and oxygen atoms in total. The van der Waals surface area contributed by atoms with Crippen LogP contribution < -0.4 is 19.5 Å². The number of sulfonamides is 1. The van der Waals surface area contributed by atoms with E-state index in [2.05, 4.69) is 29.1 Å². The van der Waals surface area contributed by atoms with Crippen LogP contribution in [0.3, 0.4) is 0 Å². The van der Waals surface area contributed by atoms with Crippen molar-refractivity contribution in [3.05, 3.63) is 78.4 Å². The number of anilines is 2. The van der Waals surface area contributed by atoms with Crippen molar-refractivity contribution in [1.82, 2.24) is 0 Å². The molecule has 3 aromatic rings. The second kappa shape index (κ2) is 7.44. The molecule has 0 bridgehead atoms. The van der Waals surface area contributed by atoms with Gasteiger partial charge in [0.15, 0.2) is 11.5 Å². The van der Waals surface area contributed by atoms with Crippen molar-refractivity contribution in [2.45, 2.75) is 17.9 Å². The van der Waals surface area contributed by atoms with Gasteiger partial charge < -0.3 is 14.8 Å². The van der Waals surface area contributed by atoms with E-state index in [0.29, 0.717) is 17.2 Å². The van der Waals surface area contributed by atoms with Crippen LogP contribution >= 0.6 is 0 Å². The Balaban J connectivity index is 1.45. The van der Waals surface area contributed by atoms with Gasteiger partial charge in [-0.15, -0.1) is 0 Å². The Morgan fingerprint density at radius 3 is 2.29 bits per heavy atom. The van der Waals surface area contributed by atoms with Gasteiger partial charge in [0.25, 0.3) is 10.0 Å². The van der Waals surface area contributed by atoms with Crippen LogP contribution in [0.15, 0.2) is 77.7 Å². The predicted octanol–water partition coefficient (Wildman–Crippen LogP) is 4.39. The molecule has 1 heterocycles. The van der Waals surface area contributed by atoms with E-state index in [-0.39, 0.29) is 17.7 Å². The summed E-state index contributed by atoms with van der Waals surface area (Å²) in [7, 11) is -3.72. The summed E-state index contributed by atoms with van der Waals surface area (Å²) in [6, 6.07) is 21.9. The van der Waals surface area contributed by atoms with Gasteiger partial charge in [0.1, 0.15) is 0 Å². The molecule has 4 rings (SSSR count). The third-order valence-corrected chi connectivity index (χ3v) is 5.85. The quantitative estimate of drug-likeness (QED) is 0.646. The van der Waals surface area contributed by atoms with Gasteiger partial charge in [-0.05, 0) is 48.9 Å². The zero-order chi connectivity index (χ0) is 19.6. The van der Waals surface area contributed by atoms with Crippen molar-refractivity contribution in [3.63, 3.8) is 0 Å². The zero-order valence-corrected chi connectivity index (χ0v) is 16.1. The summed E-state index contributed by atoms with van der Waals surface area (Å²) in [5, 5.41) is 3.40. The summed E-state index contributed by atoms with van der Waals surface area (Å²) in [5.74, 6) is 0.972. The minimum absolute atomic E-state index is 0.0993. The summed E-state index contributed by atoms with van der Waals surface area (Å²) in [4.78, 5) is 0.122. The van der Waals surface area contributed by atoms with Crippen molar-refractivity contribution >= 4 is 21.4 Å². The molecule has 1 atom stereocenters. The van der Waals surface area contributed by atoms with E-state index in [1.165, 1.54) is 17.7 Å². The molecule has 7 heteroatoms. The highest BCUT2D eigenvalue weighted by atomic mass is 32.2. The predicted molar refractivity (Wildman–Crippen MR) is 108 cm³/mol. The molecule has 0 fully saturated rings. The lowest BCUT2D eigenvalue weighted by Crippen LogP contribution is -2.13. The van der Waals surface area contributed by atoms with Gasteiger partial charge >= 0.3 is 0 Å². The molecule has 144 valence electrons. The van der Waals surface area contributed by atoms with Gasteiger partial charge in [-0.25, -0.2) is 8.42 Å². The molecular weight excluding hydrogens is 376 g/mol. The minimum Gasteiger partial charge on any atom is -0.454 e. The summed E-state index contributed by atoms with van der Waals surface area (Å²) < 4.78 is 38.3. The first-order chi connectivity index (χ1) is 13.5. The zero-order valence-electron chi connectivity index (χ0n) is 15.3. The Bertz CT molecular complexity index is 1070. The van der Waals surface area contributed by atoms with E-state index >= 15 is 0 Å². The van der Waals surface area contributed by atoms with Crippen molar-refractivity contribution in [2.24, 2.45) is 0 Å². The van der Waals surface area contributed by atoms with Crippen molar-refractivity contribution in [1.29, 1.82) is 0 Å². The number of hydrogen-bond donors (Lipinski definition) is 2. The molecule has 0 aromatic heterocycles. The van der Waals surface area contributed by atoms with E-state index in [1.807, 2.05) is 30.3 Å². The number of rotatable bonds is 6. The fourth-order valence-electron chi connectivity index (χ4n) is 2.97. The summed E-state index contributed by atoms with van der Waals surface area (Å²) in [6.07, 6.45) is 0. The van der Waals surface area contributed by atoms with Crippen LogP contribution in [0.1, 0.15) is 18.5 Å². The van der Waals surface area contributed by atoms with Gasteiger partial charge in [-0.3, -0.25) is 4.72 Å². The molecule has 1 unspecified atom stereocenters. The van der Waals surface area contributed by atoms with Gasteiger partial charge in [0.05, 0.1) is 4.90 Å². The molecular formula is C21H20N2O4S. The second-order valence-corrected chi connectivity index (χ2v) is 8.16. The SMILES string of the molecule is CC(Nc1ccc(NS(=O)(=O)c2ccc3c(c2)OCO3)cc1)c1ccccc1. The van der Waals surface area contributed by atoms with Gasteiger partial charge in [0, 0.05) is 23.5 Å². The lowest BCUT2D eigenvalue weighted by molar-refractivity contribution is 0.174. The van der Waals surface area contributed by atoms with Crippen molar-refractivity contribution in [3.8, 4) is 11.5 Å². The van der Waals surface area contributed by atoms with Crippen LogP contribution in [0.2, 0.25) is 0 Å². The largest absolute Gasteiger partial charge is 0.454 e. The average Bonchev–Trinajstić information content (AvgIpc) is 3.18. The molecule has 0 saturated heterocycles. The molecule has 1 aliphatic heterocycles. The Morgan fingerprint density at radius 1 is 0.857 bits per heavy atom. The standard InChI is InChI=1S/C21H20N2O4S/c1-15(16-5-3-2-4-6-16)22-17-7-9-18(10-8-17)23-28(24,25)19-11-12-20-21(13-19)27-14-26-20/h2-13,15,22-23H,14H2,1H3. The Hall–Kier alpha value is -3.19. The van der Waals surface area contributed by atoms with E-state index in [9.17, 15) is 8.42 Å². The summed E-state index contributed by atoms with van der Waals surface area (Å²) >= 11 is 0. The second-order valence-electron chi connectivity index (χ2n) is 6.47. The molecule has 0 amide bonds. The van der Waals surface area contributed by atoms with E-state index in [4.69, 9.17) is 9.47 Å². The van der Waals surface area contributed by atoms with Crippen molar-refractivity contribution < 1.29 is 17.9 Å². The normalized spacial score (nSPS) is 13.8. The van der Waals surface area contributed by atoms with Gasteiger partial charge in [0.2, 0.25) is 6.79 Å². The maximum absolute atomic E-state index is 12.6. The maximum atomic E-state index is 12.6. The fourth-order valence-corrected chi connectivity index (χ4v) is 4.04. The molecule has 1 aliphatic rings. The van der Waals surface area contributed by atoms with Gasteiger partial charge in [-0.1, -0.05) is 30.3 Å². The van der Waals surface area contributed by atoms with Crippen LogP contribution in [0.4, 0.5) is 11.4 Å². The number of fused-ring (bicyclic) bond motifs is 1. The monoisotopic (exact) mass is 396 g/mol. The molecule has 3 aromatic carbocycles. The first-order valence-electron chi connectivity index (χ1n) is 8.85. The third-order valence-electron chi connectivity index (χ3n) is 4.47. The van der Waals surface area contributed by atoms with E-state index in [0.717, 1.165) is 5.69 Å². The average molecular weight is 396 g/mol. The molecule has 2 N–H and O–H groups in total. The summed E-state index contributed by atoms with van der Waals surface area (Å²) in [6.45, 7) is 2.17. The highest BCUT2D eigenvalue weighted by Gasteiger charge is 2.20. The lowest BCUT2D eigenvalue weighted by Gasteiger charge is -2.16. The van der Waals surface area contributed by atoms with E-state index in [1.54, 1.807) is 18.2 Å². The number of hydrogen-bond acceptors (Lipinski definition) is 5. The van der Waals surface area contributed by atoms with Crippen LogP contribution in [-0.2, 0) is 10.0 Å². The highest BCUT2D eigenvalue weighted by molar-refractivity contribution is 7.92. The van der Waals surface area contributed by atoms with Crippen LogP contribution in [0.25, 0.3) is 0 Å². The van der Waals surface area contributed by atoms with E-state index < -0.39 is 10.0 Å². The number of ether oxygens (including phenoxy) is 2. The Morgan fingerprint density at radius 2 is 1.54 bits per heavy atom. The minimum atomic E-state index is -3.72. The first kappa shape index (κ1) is 18.2. The number of nitrogens with one attached hydrogen (secondary N) is 2. The highest BCUT2D eigenvalue weighted by Crippen LogP contribution is 2.34. The molecule has 0 saturated carbocycles. The molecule has 28 heavy (non-hydrogen) atoms. The molecule has 0 radical (unpaired) electrons. The van der Waals surface area contributed by atoms with Gasteiger partial charge in [-0.2, -0.15) is 0 Å². The lowest BCUT2D eigenvalue weighted by atomic mass is 10.1.